The Labute approximate surface area is 154 Å². The Bertz CT molecular complexity index is 1010. The standard InChI is InChI=1S/C20H17NO6/c1-26-13-6-4-5-12(9-13)21-18(23)11-27-20(25)16-10-17(22)14-7-2-3-8-15(14)19(16)24/h2-10,22,24H,11H2,1H3,(H,21,23). The number of phenols is 2. The Morgan fingerprint density at radius 3 is 2.48 bits per heavy atom. The molecular weight excluding hydrogens is 350 g/mol. The van der Waals surface area contributed by atoms with Crippen molar-refractivity contribution in [2.75, 3.05) is 19.0 Å². The average Bonchev–Trinajstić information content (AvgIpc) is 2.69. The van der Waals surface area contributed by atoms with Crippen LogP contribution in [-0.4, -0.2) is 35.8 Å². The smallest absolute Gasteiger partial charge is 0.342 e. The number of hydrogen-bond donors (Lipinski definition) is 3. The third kappa shape index (κ3) is 3.92. The molecule has 0 aliphatic rings. The number of amides is 1. The summed E-state index contributed by atoms with van der Waals surface area (Å²) in [5.41, 5.74) is 0.266. The van der Waals surface area contributed by atoms with Gasteiger partial charge in [0, 0.05) is 22.5 Å². The number of carbonyl (C=O) groups excluding carboxylic acids is 2. The molecule has 0 radical (unpaired) electrons. The van der Waals surface area contributed by atoms with Crippen molar-refractivity contribution in [3.63, 3.8) is 0 Å². The van der Waals surface area contributed by atoms with Crippen molar-refractivity contribution in [3.8, 4) is 17.2 Å². The second-order valence-electron chi connectivity index (χ2n) is 5.69. The van der Waals surface area contributed by atoms with E-state index >= 15 is 0 Å². The number of esters is 1. The number of hydrogen-bond acceptors (Lipinski definition) is 6. The summed E-state index contributed by atoms with van der Waals surface area (Å²) < 4.78 is 10.0. The molecule has 0 atom stereocenters. The van der Waals surface area contributed by atoms with Crippen molar-refractivity contribution in [1.29, 1.82) is 0 Å². The van der Waals surface area contributed by atoms with Gasteiger partial charge in [-0.05, 0) is 18.2 Å². The van der Waals surface area contributed by atoms with Crippen molar-refractivity contribution >= 4 is 28.3 Å². The van der Waals surface area contributed by atoms with E-state index in [-0.39, 0.29) is 17.1 Å². The summed E-state index contributed by atoms with van der Waals surface area (Å²) in [6.07, 6.45) is 0. The number of fused-ring (bicyclic) bond motifs is 1. The van der Waals surface area contributed by atoms with Crippen molar-refractivity contribution in [1.82, 2.24) is 0 Å². The number of carbonyl (C=O) groups is 2. The van der Waals surface area contributed by atoms with Crippen LogP contribution in [0.15, 0.2) is 54.6 Å². The van der Waals surface area contributed by atoms with Crippen LogP contribution in [0.3, 0.4) is 0 Å². The van der Waals surface area contributed by atoms with Crippen LogP contribution in [0.4, 0.5) is 5.69 Å². The topological polar surface area (TPSA) is 105 Å². The molecule has 0 heterocycles. The second-order valence-corrected chi connectivity index (χ2v) is 5.69. The highest BCUT2D eigenvalue weighted by molar-refractivity contribution is 6.04. The minimum absolute atomic E-state index is 0.170. The van der Waals surface area contributed by atoms with Crippen LogP contribution in [0.1, 0.15) is 10.4 Å². The van der Waals surface area contributed by atoms with Gasteiger partial charge in [-0.2, -0.15) is 0 Å². The van der Waals surface area contributed by atoms with E-state index in [1.54, 1.807) is 48.5 Å². The van der Waals surface area contributed by atoms with Gasteiger partial charge in [-0.15, -0.1) is 0 Å². The fourth-order valence-electron chi connectivity index (χ4n) is 2.60. The zero-order valence-electron chi connectivity index (χ0n) is 14.4. The monoisotopic (exact) mass is 367 g/mol. The predicted octanol–water partition coefficient (Wildman–Crippen LogP) is 3.06. The lowest BCUT2D eigenvalue weighted by Crippen LogP contribution is -2.21. The Balaban J connectivity index is 1.69. The van der Waals surface area contributed by atoms with Gasteiger partial charge in [0.1, 0.15) is 22.8 Å². The molecule has 0 aromatic heterocycles. The zero-order chi connectivity index (χ0) is 19.4. The molecule has 1 amide bonds. The van der Waals surface area contributed by atoms with Gasteiger partial charge in [-0.3, -0.25) is 4.79 Å². The molecule has 3 aromatic rings. The molecule has 0 aliphatic heterocycles. The summed E-state index contributed by atoms with van der Waals surface area (Å²) in [7, 11) is 1.51. The number of nitrogens with one attached hydrogen (secondary N) is 1. The molecular formula is C20H17NO6. The molecule has 27 heavy (non-hydrogen) atoms. The lowest BCUT2D eigenvalue weighted by Gasteiger charge is -2.10. The third-order valence-electron chi connectivity index (χ3n) is 3.90. The molecule has 0 bridgehead atoms. The highest BCUT2D eigenvalue weighted by atomic mass is 16.5. The van der Waals surface area contributed by atoms with Gasteiger partial charge in [0.25, 0.3) is 5.91 Å². The number of benzene rings is 3. The quantitative estimate of drug-likeness (QED) is 0.473. The summed E-state index contributed by atoms with van der Waals surface area (Å²) >= 11 is 0. The van der Waals surface area contributed by atoms with Crippen LogP contribution in [-0.2, 0) is 9.53 Å². The summed E-state index contributed by atoms with van der Waals surface area (Å²) in [6.45, 7) is -0.553. The van der Waals surface area contributed by atoms with E-state index in [0.29, 0.717) is 22.2 Å². The number of rotatable bonds is 5. The Kier molecular flexibility index (Phi) is 5.12. The van der Waals surface area contributed by atoms with Crippen LogP contribution < -0.4 is 10.1 Å². The molecule has 0 unspecified atom stereocenters. The summed E-state index contributed by atoms with van der Waals surface area (Å²) in [5.74, 6) is -1.39. The van der Waals surface area contributed by atoms with Gasteiger partial charge >= 0.3 is 5.97 Å². The maximum absolute atomic E-state index is 12.2. The Hall–Kier alpha value is -3.74. The number of phenolic OH excluding ortho intramolecular Hbond substituents is 2. The van der Waals surface area contributed by atoms with Crippen LogP contribution in [0.2, 0.25) is 0 Å². The van der Waals surface area contributed by atoms with E-state index in [4.69, 9.17) is 9.47 Å². The number of methoxy groups -OCH3 is 1. The minimum Gasteiger partial charge on any atom is -0.507 e. The first-order valence-electron chi connectivity index (χ1n) is 8.04. The molecule has 7 nitrogen and oxygen atoms in total. The van der Waals surface area contributed by atoms with E-state index in [1.807, 2.05) is 0 Å². The van der Waals surface area contributed by atoms with E-state index < -0.39 is 18.5 Å². The van der Waals surface area contributed by atoms with Gasteiger partial charge in [0.2, 0.25) is 0 Å². The summed E-state index contributed by atoms with van der Waals surface area (Å²) in [4.78, 5) is 24.2. The van der Waals surface area contributed by atoms with Crippen molar-refractivity contribution in [3.05, 3.63) is 60.2 Å². The predicted molar refractivity (Wildman–Crippen MR) is 99.2 cm³/mol. The zero-order valence-corrected chi connectivity index (χ0v) is 14.4. The Morgan fingerprint density at radius 1 is 1.00 bits per heavy atom. The second kappa shape index (κ2) is 7.65. The molecule has 7 heteroatoms. The number of ether oxygens (including phenoxy) is 2. The van der Waals surface area contributed by atoms with Crippen molar-refractivity contribution in [2.24, 2.45) is 0 Å². The molecule has 3 rings (SSSR count). The molecule has 138 valence electrons. The van der Waals surface area contributed by atoms with Crippen LogP contribution in [0, 0.1) is 0 Å². The SMILES string of the molecule is COc1cccc(NC(=O)COC(=O)c2cc(O)c3ccccc3c2O)c1. The maximum Gasteiger partial charge on any atom is 0.342 e. The van der Waals surface area contributed by atoms with Gasteiger partial charge in [0.05, 0.1) is 7.11 Å². The molecule has 0 saturated carbocycles. The number of anilines is 1. The van der Waals surface area contributed by atoms with Crippen molar-refractivity contribution < 1.29 is 29.3 Å². The van der Waals surface area contributed by atoms with Crippen molar-refractivity contribution in [2.45, 2.75) is 0 Å². The van der Waals surface area contributed by atoms with E-state index in [2.05, 4.69) is 5.32 Å². The van der Waals surface area contributed by atoms with Gasteiger partial charge in [-0.1, -0.05) is 30.3 Å². The van der Waals surface area contributed by atoms with Gasteiger partial charge in [0.15, 0.2) is 6.61 Å². The molecule has 0 saturated heterocycles. The minimum atomic E-state index is -0.922. The highest BCUT2D eigenvalue weighted by Gasteiger charge is 2.19. The number of aromatic hydroxyl groups is 2. The van der Waals surface area contributed by atoms with E-state index in [1.165, 1.54) is 7.11 Å². The molecule has 0 fully saturated rings. The van der Waals surface area contributed by atoms with Gasteiger partial charge in [-0.25, -0.2) is 4.79 Å². The maximum atomic E-state index is 12.2. The van der Waals surface area contributed by atoms with E-state index in [9.17, 15) is 19.8 Å². The summed E-state index contributed by atoms with van der Waals surface area (Å²) in [6, 6.07) is 14.4. The first kappa shape index (κ1) is 18.1. The van der Waals surface area contributed by atoms with Crippen LogP contribution >= 0.6 is 0 Å². The normalized spacial score (nSPS) is 10.4. The fourth-order valence-corrected chi connectivity index (χ4v) is 2.60. The first-order chi connectivity index (χ1) is 13.0. The first-order valence-corrected chi connectivity index (χ1v) is 8.04. The van der Waals surface area contributed by atoms with Gasteiger partial charge < -0.3 is 25.0 Å². The summed E-state index contributed by atoms with van der Waals surface area (Å²) in [5, 5.41) is 23.6. The van der Waals surface area contributed by atoms with E-state index in [0.717, 1.165) is 6.07 Å². The fraction of sp³-hybridized carbons (Fsp3) is 0.100. The lowest BCUT2D eigenvalue weighted by molar-refractivity contribution is -0.119. The molecule has 0 spiro atoms. The molecule has 0 aliphatic carbocycles. The average molecular weight is 367 g/mol. The van der Waals surface area contributed by atoms with Crippen LogP contribution in [0.5, 0.6) is 17.2 Å². The largest absolute Gasteiger partial charge is 0.507 e. The lowest BCUT2D eigenvalue weighted by atomic mass is 10.0. The highest BCUT2D eigenvalue weighted by Crippen LogP contribution is 2.35. The molecule has 3 aromatic carbocycles. The molecule has 3 N–H and O–H groups in total. The Morgan fingerprint density at radius 2 is 1.74 bits per heavy atom. The third-order valence-corrected chi connectivity index (χ3v) is 3.90. The van der Waals surface area contributed by atoms with Crippen LogP contribution in [0.25, 0.3) is 10.8 Å².